The minimum Gasteiger partial charge on any atom is -0.366 e. The fourth-order valence-corrected chi connectivity index (χ4v) is 3.52. The molecule has 1 aliphatic heterocycles. The number of pyridine rings is 1. The molecule has 0 spiro atoms. The van der Waals surface area contributed by atoms with Crippen molar-refractivity contribution in [1.29, 1.82) is 0 Å². The lowest BCUT2D eigenvalue weighted by Crippen LogP contribution is -2.47. The molecule has 1 aliphatic rings. The fourth-order valence-electron chi connectivity index (χ4n) is 3.52. The Morgan fingerprint density at radius 1 is 0.966 bits per heavy atom. The van der Waals surface area contributed by atoms with Crippen LogP contribution in [-0.2, 0) is 0 Å². The molecule has 4 rings (SSSR count). The Kier molecular flexibility index (Phi) is 5.42. The Morgan fingerprint density at radius 3 is 2.41 bits per heavy atom. The van der Waals surface area contributed by atoms with Crippen molar-refractivity contribution in [3.05, 3.63) is 83.8 Å². The number of anilines is 3. The summed E-state index contributed by atoms with van der Waals surface area (Å²) in [4.78, 5) is 21.1. The summed E-state index contributed by atoms with van der Waals surface area (Å²) in [5.41, 5.74) is 2.97. The Bertz CT molecular complexity index is 998. The number of halogens is 1. The first-order chi connectivity index (χ1) is 14.1. The van der Waals surface area contributed by atoms with E-state index in [1.807, 2.05) is 49.4 Å². The van der Waals surface area contributed by atoms with E-state index in [0.29, 0.717) is 16.9 Å². The number of aryl methyl sites for hydroxylation is 1. The van der Waals surface area contributed by atoms with E-state index in [9.17, 15) is 9.18 Å². The van der Waals surface area contributed by atoms with Crippen molar-refractivity contribution in [2.24, 2.45) is 0 Å². The number of benzene rings is 2. The lowest BCUT2D eigenvalue weighted by molar-refractivity contribution is 0.102. The number of carbonyl (C=O) groups excluding carboxylic acids is 1. The van der Waals surface area contributed by atoms with Gasteiger partial charge in [0.2, 0.25) is 0 Å². The Balaban J connectivity index is 1.36. The van der Waals surface area contributed by atoms with Gasteiger partial charge in [-0.1, -0.05) is 29.8 Å². The van der Waals surface area contributed by atoms with Crippen molar-refractivity contribution in [3.63, 3.8) is 0 Å². The quantitative estimate of drug-likeness (QED) is 0.728. The van der Waals surface area contributed by atoms with Gasteiger partial charge in [-0.05, 0) is 43.3 Å². The average Bonchev–Trinajstić information content (AvgIpc) is 2.75. The third-order valence-electron chi connectivity index (χ3n) is 5.08. The van der Waals surface area contributed by atoms with Crippen LogP contribution in [0.4, 0.5) is 21.6 Å². The maximum atomic E-state index is 14.0. The summed E-state index contributed by atoms with van der Waals surface area (Å²) in [6.07, 6.45) is 1.67. The smallest absolute Gasteiger partial charge is 0.255 e. The van der Waals surface area contributed by atoms with Crippen LogP contribution >= 0.6 is 0 Å². The van der Waals surface area contributed by atoms with Crippen LogP contribution in [0.5, 0.6) is 0 Å². The molecule has 2 aromatic carbocycles. The summed E-state index contributed by atoms with van der Waals surface area (Å²) in [5.74, 6) is 0.515. The van der Waals surface area contributed by atoms with Gasteiger partial charge >= 0.3 is 0 Å². The molecule has 5 nitrogen and oxygen atoms in total. The van der Waals surface area contributed by atoms with E-state index in [1.165, 1.54) is 6.07 Å². The van der Waals surface area contributed by atoms with Crippen molar-refractivity contribution in [2.45, 2.75) is 6.92 Å². The molecule has 0 aliphatic carbocycles. The SMILES string of the molecule is Cc1cccc(C(=O)Nc2ccc(N3CCN(c4ccccc4F)CC3)nc2)c1. The number of rotatable bonds is 4. The van der Waals surface area contributed by atoms with Crippen molar-refractivity contribution in [2.75, 3.05) is 41.3 Å². The lowest BCUT2D eigenvalue weighted by atomic mass is 10.1. The highest BCUT2D eigenvalue weighted by atomic mass is 19.1. The van der Waals surface area contributed by atoms with Crippen molar-refractivity contribution in [3.8, 4) is 0 Å². The molecular formula is C23H23FN4O. The summed E-state index contributed by atoms with van der Waals surface area (Å²) < 4.78 is 14.0. The Labute approximate surface area is 169 Å². The van der Waals surface area contributed by atoms with E-state index in [0.717, 1.165) is 37.6 Å². The first kappa shape index (κ1) is 18.9. The number of piperazine rings is 1. The number of carbonyl (C=O) groups is 1. The van der Waals surface area contributed by atoms with Gasteiger partial charge in [-0.15, -0.1) is 0 Å². The normalized spacial score (nSPS) is 14.0. The van der Waals surface area contributed by atoms with Crippen LogP contribution < -0.4 is 15.1 Å². The van der Waals surface area contributed by atoms with Crippen LogP contribution in [0, 0.1) is 12.7 Å². The summed E-state index contributed by atoms with van der Waals surface area (Å²) in [6.45, 7) is 4.94. The van der Waals surface area contributed by atoms with Crippen molar-refractivity contribution >= 4 is 23.1 Å². The van der Waals surface area contributed by atoms with E-state index in [-0.39, 0.29) is 11.7 Å². The highest BCUT2D eigenvalue weighted by Gasteiger charge is 2.20. The van der Waals surface area contributed by atoms with E-state index in [4.69, 9.17) is 0 Å². The first-order valence-electron chi connectivity index (χ1n) is 9.69. The second-order valence-corrected chi connectivity index (χ2v) is 7.15. The van der Waals surface area contributed by atoms with Crippen LogP contribution in [-0.4, -0.2) is 37.1 Å². The number of hydrogen-bond acceptors (Lipinski definition) is 4. The maximum absolute atomic E-state index is 14.0. The largest absolute Gasteiger partial charge is 0.366 e. The van der Waals surface area contributed by atoms with Gasteiger partial charge in [-0.25, -0.2) is 9.37 Å². The molecule has 1 N–H and O–H groups in total. The van der Waals surface area contributed by atoms with Crippen molar-refractivity contribution < 1.29 is 9.18 Å². The van der Waals surface area contributed by atoms with E-state index < -0.39 is 0 Å². The van der Waals surface area contributed by atoms with Gasteiger partial charge in [0.15, 0.2) is 0 Å². The zero-order valence-corrected chi connectivity index (χ0v) is 16.3. The molecule has 0 saturated carbocycles. The predicted octanol–water partition coefficient (Wildman–Crippen LogP) is 4.11. The average molecular weight is 390 g/mol. The van der Waals surface area contributed by atoms with Gasteiger partial charge in [0.05, 0.1) is 17.6 Å². The predicted molar refractivity (Wildman–Crippen MR) is 114 cm³/mol. The number of amides is 1. The molecule has 6 heteroatoms. The third kappa shape index (κ3) is 4.37. The second-order valence-electron chi connectivity index (χ2n) is 7.15. The Morgan fingerprint density at radius 2 is 1.72 bits per heavy atom. The van der Waals surface area contributed by atoms with Crippen LogP contribution in [0.25, 0.3) is 0 Å². The summed E-state index contributed by atoms with van der Waals surface area (Å²) in [5, 5.41) is 2.88. The number of para-hydroxylation sites is 1. The zero-order chi connectivity index (χ0) is 20.2. The zero-order valence-electron chi connectivity index (χ0n) is 16.3. The Hall–Kier alpha value is -3.41. The third-order valence-corrected chi connectivity index (χ3v) is 5.08. The topological polar surface area (TPSA) is 48.5 Å². The number of hydrogen-bond donors (Lipinski definition) is 1. The van der Waals surface area contributed by atoms with E-state index >= 15 is 0 Å². The highest BCUT2D eigenvalue weighted by Crippen LogP contribution is 2.22. The molecule has 0 bridgehead atoms. The first-order valence-corrected chi connectivity index (χ1v) is 9.69. The summed E-state index contributed by atoms with van der Waals surface area (Å²) in [6, 6.07) is 18.1. The maximum Gasteiger partial charge on any atom is 0.255 e. The number of nitrogens with one attached hydrogen (secondary N) is 1. The van der Waals surface area contributed by atoms with Crippen LogP contribution in [0.15, 0.2) is 66.9 Å². The molecule has 3 aromatic rings. The highest BCUT2D eigenvalue weighted by molar-refractivity contribution is 6.04. The van der Waals surface area contributed by atoms with Gasteiger partial charge in [0.25, 0.3) is 5.91 Å². The standard InChI is InChI=1S/C23H23FN4O/c1-17-5-4-6-18(15-17)23(29)26-19-9-10-22(25-16-19)28-13-11-27(12-14-28)21-8-3-2-7-20(21)24/h2-10,15-16H,11-14H2,1H3,(H,26,29). The molecule has 1 aromatic heterocycles. The molecule has 1 saturated heterocycles. The fraction of sp³-hybridized carbons (Fsp3) is 0.217. The molecule has 1 amide bonds. The van der Waals surface area contributed by atoms with Gasteiger partial charge in [-0.3, -0.25) is 4.79 Å². The second kappa shape index (κ2) is 8.31. The van der Waals surface area contributed by atoms with Crippen LogP contribution in [0.1, 0.15) is 15.9 Å². The molecule has 2 heterocycles. The van der Waals surface area contributed by atoms with Crippen LogP contribution in [0.2, 0.25) is 0 Å². The van der Waals surface area contributed by atoms with E-state index in [1.54, 1.807) is 18.3 Å². The lowest BCUT2D eigenvalue weighted by Gasteiger charge is -2.36. The number of aromatic nitrogens is 1. The minimum atomic E-state index is -0.187. The molecular weight excluding hydrogens is 367 g/mol. The molecule has 1 fully saturated rings. The molecule has 0 radical (unpaired) electrons. The monoisotopic (exact) mass is 390 g/mol. The van der Waals surface area contributed by atoms with Crippen molar-refractivity contribution in [1.82, 2.24) is 4.98 Å². The molecule has 148 valence electrons. The molecule has 0 atom stereocenters. The number of nitrogens with zero attached hydrogens (tertiary/aromatic N) is 3. The van der Waals surface area contributed by atoms with Crippen LogP contribution in [0.3, 0.4) is 0 Å². The summed E-state index contributed by atoms with van der Waals surface area (Å²) >= 11 is 0. The van der Waals surface area contributed by atoms with Gasteiger partial charge in [0.1, 0.15) is 11.6 Å². The van der Waals surface area contributed by atoms with E-state index in [2.05, 4.69) is 20.1 Å². The van der Waals surface area contributed by atoms with Gasteiger partial charge < -0.3 is 15.1 Å². The van der Waals surface area contributed by atoms with Gasteiger partial charge in [-0.2, -0.15) is 0 Å². The molecule has 29 heavy (non-hydrogen) atoms. The minimum absolute atomic E-state index is 0.151. The van der Waals surface area contributed by atoms with Gasteiger partial charge in [0, 0.05) is 31.7 Å². The molecule has 0 unspecified atom stereocenters. The summed E-state index contributed by atoms with van der Waals surface area (Å²) in [7, 11) is 0.